The summed E-state index contributed by atoms with van der Waals surface area (Å²) >= 11 is 0. The van der Waals surface area contributed by atoms with Gasteiger partial charge in [-0.2, -0.15) is 0 Å². The van der Waals surface area contributed by atoms with E-state index in [-0.39, 0.29) is 23.9 Å². The fourth-order valence-corrected chi connectivity index (χ4v) is 2.07. The van der Waals surface area contributed by atoms with Crippen LogP contribution < -0.4 is 16.0 Å². The van der Waals surface area contributed by atoms with E-state index in [9.17, 15) is 9.59 Å². The molecule has 0 aliphatic heterocycles. The first-order chi connectivity index (χ1) is 11.3. The van der Waals surface area contributed by atoms with Crippen molar-refractivity contribution in [2.24, 2.45) is 0 Å². The summed E-state index contributed by atoms with van der Waals surface area (Å²) in [6.07, 6.45) is 1.57. The maximum Gasteiger partial charge on any atom is 0.251 e. The molecule has 24 heavy (non-hydrogen) atoms. The molecular weight excluding hydrogens is 306 g/mol. The minimum absolute atomic E-state index is 0.0808. The summed E-state index contributed by atoms with van der Waals surface area (Å²) < 4.78 is 5.17. The van der Waals surface area contributed by atoms with Crippen LogP contribution in [0.1, 0.15) is 36.9 Å². The fourth-order valence-electron chi connectivity index (χ4n) is 2.07. The van der Waals surface area contributed by atoms with E-state index in [0.717, 1.165) is 5.69 Å². The van der Waals surface area contributed by atoms with Gasteiger partial charge >= 0.3 is 0 Å². The molecule has 1 heterocycles. The summed E-state index contributed by atoms with van der Waals surface area (Å²) in [6, 6.07) is 10.5. The summed E-state index contributed by atoms with van der Waals surface area (Å²) in [5, 5.41) is 8.68. The minimum atomic E-state index is -0.255. The number of rotatable bonds is 6. The van der Waals surface area contributed by atoms with Crippen LogP contribution in [0.25, 0.3) is 0 Å². The molecule has 2 aromatic rings. The first-order valence-electron chi connectivity index (χ1n) is 7.79. The Morgan fingerprint density at radius 2 is 1.79 bits per heavy atom. The van der Waals surface area contributed by atoms with Crippen LogP contribution in [0.15, 0.2) is 47.1 Å². The van der Waals surface area contributed by atoms with Gasteiger partial charge in [0.15, 0.2) is 0 Å². The van der Waals surface area contributed by atoms with Crippen molar-refractivity contribution in [1.29, 1.82) is 0 Å². The predicted octanol–water partition coefficient (Wildman–Crippen LogP) is 2.54. The summed E-state index contributed by atoms with van der Waals surface area (Å²) in [6.45, 7) is 6.32. The average Bonchev–Trinajstić information content (AvgIpc) is 3.03. The van der Waals surface area contributed by atoms with Gasteiger partial charge in [-0.1, -0.05) is 0 Å². The molecule has 2 amide bonds. The van der Waals surface area contributed by atoms with Gasteiger partial charge in [-0.15, -0.1) is 0 Å². The zero-order valence-corrected chi connectivity index (χ0v) is 14.2. The number of carbonyl (C=O) groups is 2. The molecule has 0 aliphatic rings. The molecule has 0 bridgehead atoms. The molecule has 0 fully saturated rings. The Balaban J connectivity index is 1.81. The Morgan fingerprint density at radius 1 is 1.08 bits per heavy atom. The van der Waals surface area contributed by atoms with Gasteiger partial charge in [-0.25, -0.2) is 0 Å². The van der Waals surface area contributed by atoms with Crippen LogP contribution in [0, 0.1) is 0 Å². The largest absolute Gasteiger partial charge is 0.467 e. The Labute approximate surface area is 141 Å². The second-order valence-corrected chi connectivity index (χ2v) is 6.49. The highest BCUT2D eigenvalue weighted by atomic mass is 16.3. The van der Waals surface area contributed by atoms with Gasteiger partial charge in [0.25, 0.3) is 5.91 Å². The maximum absolute atomic E-state index is 12.0. The first kappa shape index (κ1) is 17.6. The number of anilines is 1. The van der Waals surface area contributed by atoms with E-state index in [2.05, 4.69) is 16.0 Å². The average molecular weight is 329 g/mol. The van der Waals surface area contributed by atoms with E-state index in [4.69, 9.17) is 4.42 Å². The molecule has 1 aromatic heterocycles. The lowest BCUT2D eigenvalue weighted by molar-refractivity contribution is -0.120. The van der Waals surface area contributed by atoms with Gasteiger partial charge in [0.2, 0.25) is 5.91 Å². The summed E-state index contributed by atoms with van der Waals surface area (Å²) in [5.41, 5.74) is 1.07. The number of amides is 2. The topological polar surface area (TPSA) is 83.4 Å². The molecule has 0 unspecified atom stereocenters. The second-order valence-electron chi connectivity index (χ2n) is 6.49. The molecule has 0 aliphatic carbocycles. The SMILES string of the molecule is CC(C)(C)NC(=O)CNc1ccc(C(=O)NCc2ccco2)cc1. The summed E-state index contributed by atoms with van der Waals surface area (Å²) in [5.74, 6) is 0.442. The molecule has 0 radical (unpaired) electrons. The van der Waals surface area contributed by atoms with Crippen LogP contribution in [0.3, 0.4) is 0 Å². The monoisotopic (exact) mass is 329 g/mol. The van der Waals surface area contributed by atoms with E-state index in [0.29, 0.717) is 17.9 Å². The molecule has 0 saturated heterocycles. The Bertz CT molecular complexity index is 671. The Morgan fingerprint density at radius 3 is 2.38 bits per heavy atom. The van der Waals surface area contributed by atoms with Crippen molar-refractivity contribution in [1.82, 2.24) is 10.6 Å². The molecular formula is C18H23N3O3. The van der Waals surface area contributed by atoms with Gasteiger partial charge in [0.1, 0.15) is 5.76 Å². The lowest BCUT2D eigenvalue weighted by Crippen LogP contribution is -2.43. The van der Waals surface area contributed by atoms with E-state index < -0.39 is 0 Å². The van der Waals surface area contributed by atoms with Crippen LogP contribution in [-0.4, -0.2) is 23.9 Å². The van der Waals surface area contributed by atoms with Crippen LogP contribution >= 0.6 is 0 Å². The number of hydrogen-bond donors (Lipinski definition) is 3. The highest BCUT2D eigenvalue weighted by molar-refractivity contribution is 5.94. The van der Waals surface area contributed by atoms with Gasteiger partial charge < -0.3 is 20.4 Å². The highest BCUT2D eigenvalue weighted by Crippen LogP contribution is 2.10. The molecule has 6 heteroatoms. The highest BCUT2D eigenvalue weighted by Gasteiger charge is 2.13. The number of furan rings is 1. The van der Waals surface area contributed by atoms with Crippen molar-refractivity contribution in [2.75, 3.05) is 11.9 Å². The third-order valence-electron chi connectivity index (χ3n) is 3.12. The van der Waals surface area contributed by atoms with Crippen LogP contribution in [0.4, 0.5) is 5.69 Å². The number of carbonyl (C=O) groups excluding carboxylic acids is 2. The zero-order chi connectivity index (χ0) is 17.6. The van der Waals surface area contributed by atoms with Crippen LogP contribution in [-0.2, 0) is 11.3 Å². The van der Waals surface area contributed by atoms with Crippen molar-refractivity contribution in [3.8, 4) is 0 Å². The lowest BCUT2D eigenvalue weighted by Gasteiger charge is -2.20. The van der Waals surface area contributed by atoms with Gasteiger partial charge in [-0.05, 0) is 57.2 Å². The van der Waals surface area contributed by atoms with E-state index in [1.807, 2.05) is 20.8 Å². The van der Waals surface area contributed by atoms with Crippen molar-refractivity contribution in [2.45, 2.75) is 32.9 Å². The lowest BCUT2D eigenvalue weighted by atomic mass is 10.1. The van der Waals surface area contributed by atoms with Gasteiger partial charge in [0.05, 0.1) is 19.4 Å². The minimum Gasteiger partial charge on any atom is -0.467 e. The third-order valence-corrected chi connectivity index (χ3v) is 3.12. The first-order valence-corrected chi connectivity index (χ1v) is 7.79. The van der Waals surface area contributed by atoms with Crippen molar-refractivity contribution >= 4 is 17.5 Å². The van der Waals surface area contributed by atoms with E-state index in [1.165, 1.54) is 0 Å². The quantitative estimate of drug-likeness (QED) is 0.760. The van der Waals surface area contributed by atoms with Crippen molar-refractivity contribution in [3.63, 3.8) is 0 Å². The summed E-state index contributed by atoms with van der Waals surface area (Å²) in [7, 11) is 0. The van der Waals surface area contributed by atoms with Gasteiger partial charge in [0, 0.05) is 16.8 Å². The third kappa shape index (κ3) is 5.79. The molecule has 0 saturated carbocycles. The second kappa shape index (κ2) is 7.68. The Hall–Kier alpha value is -2.76. The van der Waals surface area contributed by atoms with E-state index >= 15 is 0 Å². The maximum atomic E-state index is 12.0. The molecule has 0 atom stereocenters. The molecule has 6 nitrogen and oxygen atoms in total. The zero-order valence-electron chi connectivity index (χ0n) is 14.2. The van der Waals surface area contributed by atoms with Crippen LogP contribution in [0.2, 0.25) is 0 Å². The van der Waals surface area contributed by atoms with Crippen LogP contribution in [0.5, 0.6) is 0 Å². The molecule has 128 valence electrons. The summed E-state index contributed by atoms with van der Waals surface area (Å²) in [4.78, 5) is 23.8. The van der Waals surface area contributed by atoms with E-state index in [1.54, 1.807) is 42.7 Å². The van der Waals surface area contributed by atoms with Crippen molar-refractivity contribution < 1.29 is 14.0 Å². The number of hydrogen-bond acceptors (Lipinski definition) is 4. The Kier molecular flexibility index (Phi) is 5.63. The number of benzene rings is 1. The molecule has 0 spiro atoms. The molecule has 1 aromatic carbocycles. The fraction of sp³-hybridized carbons (Fsp3) is 0.333. The normalized spacial score (nSPS) is 11.0. The molecule has 2 rings (SSSR count). The smallest absolute Gasteiger partial charge is 0.251 e. The standard InChI is InChI=1S/C18H23N3O3/c1-18(2,3)21-16(22)12-19-14-8-6-13(7-9-14)17(23)20-11-15-5-4-10-24-15/h4-10,19H,11-12H2,1-3H3,(H,20,23)(H,21,22). The van der Waals surface area contributed by atoms with Gasteiger partial charge in [-0.3, -0.25) is 9.59 Å². The predicted molar refractivity (Wildman–Crippen MR) is 92.7 cm³/mol. The van der Waals surface area contributed by atoms with Crippen molar-refractivity contribution in [3.05, 3.63) is 54.0 Å². The number of nitrogens with one attached hydrogen (secondary N) is 3. The molecule has 3 N–H and O–H groups in total.